The van der Waals surface area contributed by atoms with E-state index in [0.29, 0.717) is 30.2 Å². The highest BCUT2D eigenvalue weighted by Crippen LogP contribution is 2.25. The smallest absolute Gasteiger partial charge is 0.323 e. The Morgan fingerprint density at radius 2 is 2.21 bits per heavy atom. The monoisotopic (exact) mass is 349 g/mol. The predicted octanol–water partition coefficient (Wildman–Crippen LogP) is 3.32. The maximum atomic E-state index is 12.3. The molecule has 1 aromatic heterocycles. The number of likely N-dealkylation sites (tertiary alicyclic amines) is 1. The van der Waals surface area contributed by atoms with Crippen LogP contribution in [0.4, 0.5) is 10.6 Å². The maximum Gasteiger partial charge on any atom is 0.323 e. The van der Waals surface area contributed by atoms with Crippen LogP contribution in [0, 0.1) is 5.92 Å². The third-order valence-electron chi connectivity index (χ3n) is 3.91. The van der Waals surface area contributed by atoms with E-state index in [1.54, 1.807) is 24.3 Å². The van der Waals surface area contributed by atoms with E-state index in [9.17, 15) is 9.59 Å². The van der Waals surface area contributed by atoms with Crippen LogP contribution in [0.2, 0.25) is 5.02 Å². The van der Waals surface area contributed by atoms with E-state index in [2.05, 4.69) is 10.5 Å². The molecule has 1 aromatic carbocycles. The van der Waals surface area contributed by atoms with Gasteiger partial charge in [-0.25, -0.2) is 4.79 Å². The molecular formula is C16H16ClN3O4. The number of carbonyl (C=O) groups is 2. The van der Waals surface area contributed by atoms with Crippen molar-refractivity contribution in [2.45, 2.75) is 12.8 Å². The molecule has 1 aliphatic heterocycles. The van der Waals surface area contributed by atoms with E-state index >= 15 is 0 Å². The zero-order chi connectivity index (χ0) is 17.1. The van der Waals surface area contributed by atoms with E-state index in [4.69, 9.17) is 21.2 Å². The molecule has 126 valence electrons. The molecule has 0 radical (unpaired) electrons. The highest BCUT2D eigenvalue weighted by molar-refractivity contribution is 6.30. The molecule has 1 atom stereocenters. The molecule has 1 saturated heterocycles. The van der Waals surface area contributed by atoms with E-state index in [-0.39, 0.29) is 18.4 Å². The number of amides is 2. The summed E-state index contributed by atoms with van der Waals surface area (Å²) in [4.78, 5) is 24.8. The van der Waals surface area contributed by atoms with Gasteiger partial charge >= 0.3 is 12.0 Å². The number of hydrogen-bond donors (Lipinski definition) is 2. The predicted molar refractivity (Wildman–Crippen MR) is 87.9 cm³/mol. The number of benzene rings is 1. The maximum absolute atomic E-state index is 12.3. The molecule has 3 rings (SSSR count). The number of anilines is 1. The average Bonchev–Trinajstić information content (AvgIpc) is 3.03. The second kappa shape index (κ2) is 6.92. The van der Waals surface area contributed by atoms with Gasteiger partial charge in [0.05, 0.1) is 5.92 Å². The van der Waals surface area contributed by atoms with Crippen LogP contribution >= 0.6 is 11.6 Å². The molecule has 7 nitrogen and oxygen atoms in total. The van der Waals surface area contributed by atoms with Crippen LogP contribution in [0.15, 0.2) is 34.9 Å². The highest BCUT2D eigenvalue weighted by Gasteiger charge is 2.28. The number of rotatable bonds is 3. The van der Waals surface area contributed by atoms with Gasteiger partial charge < -0.3 is 14.5 Å². The zero-order valence-electron chi connectivity index (χ0n) is 12.7. The Labute approximate surface area is 143 Å². The fourth-order valence-corrected chi connectivity index (χ4v) is 2.85. The van der Waals surface area contributed by atoms with Crippen molar-refractivity contribution in [2.24, 2.45) is 5.92 Å². The topological polar surface area (TPSA) is 95.7 Å². The van der Waals surface area contributed by atoms with Crippen molar-refractivity contribution >= 4 is 29.4 Å². The number of aromatic nitrogens is 1. The lowest BCUT2D eigenvalue weighted by Crippen LogP contribution is -2.44. The average molecular weight is 350 g/mol. The highest BCUT2D eigenvalue weighted by atomic mass is 35.5. The molecule has 1 unspecified atom stereocenters. The molecule has 0 aliphatic carbocycles. The lowest BCUT2D eigenvalue weighted by molar-refractivity contribution is -0.143. The number of urea groups is 1. The summed E-state index contributed by atoms with van der Waals surface area (Å²) in [6.07, 6.45) is 1.25. The van der Waals surface area contributed by atoms with E-state index < -0.39 is 11.9 Å². The van der Waals surface area contributed by atoms with Crippen molar-refractivity contribution in [2.75, 3.05) is 18.4 Å². The minimum absolute atomic E-state index is 0.195. The van der Waals surface area contributed by atoms with Crippen molar-refractivity contribution in [1.82, 2.24) is 10.1 Å². The quantitative estimate of drug-likeness (QED) is 0.886. The molecule has 2 aromatic rings. The Kier molecular flexibility index (Phi) is 4.71. The van der Waals surface area contributed by atoms with Gasteiger partial charge in [-0.1, -0.05) is 28.9 Å². The lowest BCUT2D eigenvalue weighted by Gasteiger charge is -2.30. The van der Waals surface area contributed by atoms with E-state index in [0.717, 1.165) is 5.56 Å². The van der Waals surface area contributed by atoms with Gasteiger partial charge in [-0.15, -0.1) is 0 Å². The zero-order valence-corrected chi connectivity index (χ0v) is 13.5. The molecule has 2 amide bonds. The van der Waals surface area contributed by atoms with Crippen LogP contribution in [0.25, 0.3) is 11.3 Å². The van der Waals surface area contributed by atoms with Crippen molar-refractivity contribution in [3.05, 3.63) is 35.4 Å². The number of carbonyl (C=O) groups excluding carboxylic acids is 1. The van der Waals surface area contributed by atoms with Gasteiger partial charge in [-0.2, -0.15) is 0 Å². The Bertz CT molecular complexity index is 761. The largest absolute Gasteiger partial charge is 0.481 e. The Balaban J connectivity index is 1.66. The first-order valence-corrected chi connectivity index (χ1v) is 7.92. The molecule has 8 heteroatoms. The number of carboxylic acid groups (broad SMARTS) is 1. The van der Waals surface area contributed by atoms with Crippen LogP contribution in [-0.2, 0) is 4.79 Å². The summed E-state index contributed by atoms with van der Waals surface area (Å²) in [6.45, 7) is 0.717. The van der Waals surface area contributed by atoms with Gasteiger partial charge in [0.25, 0.3) is 0 Å². The van der Waals surface area contributed by atoms with Gasteiger partial charge in [0, 0.05) is 29.7 Å². The molecule has 1 aliphatic rings. The third-order valence-corrected chi connectivity index (χ3v) is 4.15. The fourth-order valence-electron chi connectivity index (χ4n) is 2.66. The van der Waals surface area contributed by atoms with Gasteiger partial charge in [0.1, 0.15) is 0 Å². The minimum atomic E-state index is -0.878. The molecule has 1 fully saturated rings. The number of halogens is 1. The summed E-state index contributed by atoms with van der Waals surface area (Å²) in [5, 5.41) is 16.1. The SMILES string of the molecule is O=C(O)C1CCCN(C(=O)Nc2cc(-c3cccc(Cl)c3)on2)C1. The van der Waals surface area contributed by atoms with E-state index in [1.165, 1.54) is 4.90 Å². The standard InChI is InChI=1S/C16H16ClN3O4/c17-12-5-1-3-10(7-12)13-8-14(19-24-13)18-16(23)20-6-2-4-11(9-20)15(21)22/h1,3,5,7-8,11H,2,4,6,9H2,(H,21,22)(H,18,19,23). The van der Waals surface area contributed by atoms with Gasteiger partial charge in [-0.05, 0) is 25.0 Å². The van der Waals surface area contributed by atoms with Crippen molar-refractivity contribution in [3.63, 3.8) is 0 Å². The number of nitrogens with zero attached hydrogens (tertiary/aromatic N) is 2. The summed E-state index contributed by atoms with van der Waals surface area (Å²) in [5.41, 5.74) is 0.749. The van der Waals surface area contributed by atoms with Gasteiger partial charge in [0.15, 0.2) is 11.6 Å². The fraction of sp³-hybridized carbons (Fsp3) is 0.312. The number of piperidine rings is 1. The molecule has 0 spiro atoms. The van der Waals surface area contributed by atoms with Crippen molar-refractivity contribution < 1.29 is 19.2 Å². The van der Waals surface area contributed by atoms with Crippen LogP contribution in [0.5, 0.6) is 0 Å². The summed E-state index contributed by atoms with van der Waals surface area (Å²) in [7, 11) is 0. The number of nitrogens with one attached hydrogen (secondary N) is 1. The first kappa shape index (κ1) is 16.3. The Morgan fingerprint density at radius 1 is 1.38 bits per heavy atom. The second-order valence-corrected chi connectivity index (χ2v) is 6.08. The first-order chi connectivity index (χ1) is 11.5. The molecule has 0 bridgehead atoms. The van der Waals surface area contributed by atoms with Crippen LogP contribution in [0.3, 0.4) is 0 Å². The molecule has 2 N–H and O–H groups in total. The summed E-state index contributed by atoms with van der Waals surface area (Å²) >= 11 is 5.94. The van der Waals surface area contributed by atoms with Crippen LogP contribution < -0.4 is 5.32 Å². The molecular weight excluding hydrogens is 334 g/mol. The van der Waals surface area contributed by atoms with E-state index in [1.807, 2.05) is 6.07 Å². The Morgan fingerprint density at radius 3 is 2.96 bits per heavy atom. The first-order valence-electron chi connectivity index (χ1n) is 7.54. The van der Waals surface area contributed by atoms with Crippen LogP contribution in [-0.4, -0.2) is 40.3 Å². The molecule has 0 saturated carbocycles. The van der Waals surface area contributed by atoms with Crippen LogP contribution in [0.1, 0.15) is 12.8 Å². The van der Waals surface area contributed by atoms with Crippen molar-refractivity contribution in [1.29, 1.82) is 0 Å². The second-order valence-electron chi connectivity index (χ2n) is 5.64. The van der Waals surface area contributed by atoms with Crippen molar-refractivity contribution in [3.8, 4) is 11.3 Å². The molecule has 24 heavy (non-hydrogen) atoms. The third kappa shape index (κ3) is 3.68. The minimum Gasteiger partial charge on any atom is -0.481 e. The normalized spacial score (nSPS) is 17.5. The summed E-state index contributed by atoms with van der Waals surface area (Å²) in [6, 6.07) is 8.31. The number of carboxylic acids is 1. The summed E-state index contributed by atoms with van der Waals surface area (Å²) in [5.74, 6) is -0.650. The Hall–Kier alpha value is -2.54. The van der Waals surface area contributed by atoms with Gasteiger partial charge in [0.2, 0.25) is 0 Å². The number of aliphatic carboxylic acids is 1. The lowest BCUT2D eigenvalue weighted by atomic mass is 9.99. The van der Waals surface area contributed by atoms with Gasteiger partial charge in [-0.3, -0.25) is 10.1 Å². The number of hydrogen-bond acceptors (Lipinski definition) is 4. The molecule has 2 heterocycles. The summed E-state index contributed by atoms with van der Waals surface area (Å²) < 4.78 is 5.22.